The maximum absolute atomic E-state index is 4.63. The second-order valence-electron chi connectivity index (χ2n) is 4.35. The van der Waals surface area contributed by atoms with Crippen molar-refractivity contribution in [3.05, 3.63) is 53.3 Å². The van der Waals surface area contributed by atoms with Crippen molar-refractivity contribution >= 4 is 32.2 Å². The van der Waals surface area contributed by atoms with Crippen molar-refractivity contribution in [2.24, 2.45) is 0 Å². The van der Waals surface area contributed by atoms with E-state index in [0.717, 1.165) is 25.6 Å². The minimum Gasteiger partial charge on any atom is -0.264 e. The molecular formula is C14H8BrN5S. The second kappa shape index (κ2) is 5.01. The number of fused-ring (bicyclic) bond motifs is 1. The quantitative estimate of drug-likeness (QED) is 0.549. The van der Waals surface area contributed by atoms with Crippen LogP contribution in [0.5, 0.6) is 0 Å². The summed E-state index contributed by atoms with van der Waals surface area (Å²) in [5, 5.41) is 13.9. The van der Waals surface area contributed by atoms with E-state index in [0.29, 0.717) is 5.82 Å². The summed E-state index contributed by atoms with van der Waals surface area (Å²) in [5.74, 6) is 0.702. The van der Waals surface area contributed by atoms with Crippen molar-refractivity contribution in [3.63, 3.8) is 0 Å². The van der Waals surface area contributed by atoms with Crippen molar-refractivity contribution in [1.82, 2.24) is 24.8 Å². The van der Waals surface area contributed by atoms with Gasteiger partial charge in [0.2, 0.25) is 4.96 Å². The number of aromatic nitrogens is 5. The van der Waals surface area contributed by atoms with Gasteiger partial charge in [-0.2, -0.15) is 9.61 Å². The van der Waals surface area contributed by atoms with Gasteiger partial charge in [0.25, 0.3) is 0 Å². The fourth-order valence-electron chi connectivity index (χ4n) is 2.04. The highest BCUT2D eigenvalue weighted by molar-refractivity contribution is 9.10. The number of hydrogen-bond donors (Lipinski definition) is 0. The van der Waals surface area contributed by atoms with Crippen LogP contribution in [0.1, 0.15) is 0 Å². The lowest BCUT2D eigenvalue weighted by atomic mass is 10.2. The van der Waals surface area contributed by atoms with Gasteiger partial charge in [-0.1, -0.05) is 45.5 Å². The first-order valence-corrected chi connectivity index (χ1v) is 7.81. The normalized spacial score (nSPS) is 11.1. The summed E-state index contributed by atoms with van der Waals surface area (Å²) in [4.78, 5) is 4.88. The van der Waals surface area contributed by atoms with Gasteiger partial charge in [-0.3, -0.25) is 4.98 Å². The molecule has 0 unspecified atom stereocenters. The van der Waals surface area contributed by atoms with Gasteiger partial charge >= 0.3 is 0 Å². The zero-order chi connectivity index (χ0) is 14.2. The predicted octanol–water partition coefficient (Wildman–Crippen LogP) is 3.68. The zero-order valence-electron chi connectivity index (χ0n) is 10.6. The molecule has 4 aromatic rings. The van der Waals surface area contributed by atoms with E-state index in [1.807, 2.05) is 36.4 Å². The molecule has 5 nitrogen and oxygen atoms in total. The number of rotatable bonds is 2. The molecule has 3 aromatic heterocycles. The molecule has 4 rings (SSSR count). The Kier molecular flexibility index (Phi) is 3.01. The molecule has 0 saturated heterocycles. The fraction of sp³-hybridized carbons (Fsp3) is 0. The van der Waals surface area contributed by atoms with Crippen LogP contribution < -0.4 is 0 Å². The van der Waals surface area contributed by atoms with Crippen LogP contribution in [0, 0.1) is 0 Å². The summed E-state index contributed by atoms with van der Waals surface area (Å²) >= 11 is 5.06. The van der Waals surface area contributed by atoms with E-state index < -0.39 is 0 Å². The topological polar surface area (TPSA) is 56.0 Å². The van der Waals surface area contributed by atoms with Crippen molar-refractivity contribution < 1.29 is 0 Å². The number of hydrogen-bond acceptors (Lipinski definition) is 5. The van der Waals surface area contributed by atoms with Crippen LogP contribution in [0.25, 0.3) is 26.9 Å². The van der Waals surface area contributed by atoms with Crippen molar-refractivity contribution in [1.29, 1.82) is 0 Å². The first kappa shape index (κ1) is 12.6. The van der Waals surface area contributed by atoms with Crippen molar-refractivity contribution in [2.45, 2.75) is 0 Å². The molecule has 0 spiro atoms. The van der Waals surface area contributed by atoms with Gasteiger partial charge in [0, 0.05) is 28.0 Å². The summed E-state index contributed by atoms with van der Waals surface area (Å²) in [6, 6.07) is 11.8. The van der Waals surface area contributed by atoms with Crippen LogP contribution in [-0.4, -0.2) is 24.8 Å². The van der Waals surface area contributed by atoms with Crippen LogP contribution >= 0.6 is 27.3 Å². The summed E-state index contributed by atoms with van der Waals surface area (Å²) < 4.78 is 2.77. The number of nitrogens with zero attached hydrogens (tertiary/aromatic N) is 5. The number of pyridine rings is 1. The van der Waals surface area contributed by atoms with Crippen LogP contribution in [-0.2, 0) is 0 Å². The minimum absolute atomic E-state index is 0.702. The van der Waals surface area contributed by atoms with Crippen LogP contribution in [0.4, 0.5) is 0 Å². The maximum Gasteiger partial charge on any atom is 0.235 e. The molecule has 102 valence electrons. The molecule has 0 aliphatic rings. The third-order valence-corrected chi connectivity index (χ3v) is 4.64. The van der Waals surface area contributed by atoms with E-state index in [2.05, 4.69) is 36.2 Å². The Morgan fingerprint density at radius 3 is 2.76 bits per heavy atom. The van der Waals surface area contributed by atoms with Gasteiger partial charge in [0.05, 0.1) is 0 Å². The number of benzene rings is 1. The van der Waals surface area contributed by atoms with Gasteiger partial charge < -0.3 is 0 Å². The van der Waals surface area contributed by atoms with Crippen LogP contribution in [0.3, 0.4) is 0 Å². The van der Waals surface area contributed by atoms with E-state index in [4.69, 9.17) is 0 Å². The van der Waals surface area contributed by atoms with Gasteiger partial charge in [0.15, 0.2) is 5.82 Å². The third kappa shape index (κ3) is 2.14. The highest BCUT2D eigenvalue weighted by Crippen LogP contribution is 2.32. The molecule has 0 atom stereocenters. The average Bonchev–Trinajstić information content (AvgIpc) is 3.08. The minimum atomic E-state index is 0.702. The van der Waals surface area contributed by atoms with Gasteiger partial charge in [-0.05, 0) is 18.2 Å². The molecule has 0 radical (unpaired) electrons. The molecule has 0 saturated carbocycles. The average molecular weight is 358 g/mol. The molecule has 0 N–H and O–H groups in total. The molecular weight excluding hydrogens is 350 g/mol. The molecule has 7 heteroatoms. The number of halogens is 1. The van der Waals surface area contributed by atoms with Crippen molar-refractivity contribution in [3.8, 4) is 22.0 Å². The Morgan fingerprint density at radius 2 is 1.95 bits per heavy atom. The predicted molar refractivity (Wildman–Crippen MR) is 85.0 cm³/mol. The molecule has 0 aliphatic heterocycles. The van der Waals surface area contributed by atoms with Crippen molar-refractivity contribution in [2.75, 3.05) is 0 Å². The van der Waals surface area contributed by atoms with Gasteiger partial charge in [-0.15, -0.1) is 10.2 Å². The van der Waals surface area contributed by atoms with Crippen LogP contribution in [0.2, 0.25) is 0 Å². The molecule has 1 aromatic carbocycles. The fourth-order valence-corrected chi connectivity index (χ4v) is 3.52. The van der Waals surface area contributed by atoms with Crippen LogP contribution in [0.15, 0.2) is 53.3 Å². The molecule has 21 heavy (non-hydrogen) atoms. The zero-order valence-corrected chi connectivity index (χ0v) is 13.0. The van der Waals surface area contributed by atoms with Gasteiger partial charge in [0.1, 0.15) is 5.01 Å². The lowest BCUT2D eigenvalue weighted by Crippen LogP contribution is -1.91. The summed E-state index contributed by atoms with van der Waals surface area (Å²) in [6.45, 7) is 0. The Labute approximate surface area is 132 Å². The standard InChI is InChI=1S/C14H8BrN5S/c15-11-6-2-1-5-10(11)13-19-20-12(17-18-14(20)21-13)9-4-3-7-16-8-9/h1-8H. The Morgan fingerprint density at radius 1 is 1.05 bits per heavy atom. The molecule has 3 heterocycles. The van der Waals surface area contributed by atoms with E-state index in [1.165, 1.54) is 11.3 Å². The first-order chi connectivity index (χ1) is 10.3. The Bertz CT molecular complexity index is 915. The lowest BCUT2D eigenvalue weighted by molar-refractivity contribution is 0.968. The maximum atomic E-state index is 4.63. The SMILES string of the molecule is Brc1ccccc1-c1nn2c(-c3cccnc3)nnc2s1. The summed E-state index contributed by atoms with van der Waals surface area (Å²) in [5.41, 5.74) is 1.94. The largest absolute Gasteiger partial charge is 0.264 e. The first-order valence-electron chi connectivity index (χ1n) is 6.20. The second-order valence-corrected chi connectivity index (χ2v) is 6.16. The van der Waals surface area contributed by atoms with E-state index in [9.17, 15) is 0 Å². The lowest BCUT2D eigenvalue weighted by Gasteiger charge is -1.98. The third-order valence-electron chi connectivity index (χ3n) is 3.01. The monoisotopic (exact) mass is 357 g/mol. The van der Waals surface area contributed by atoms with E-state index >= 15 is 0 Å². The molecule has 0 bridgehead atoms. The molecule has 0 fully saturated rings. The van der Waals surface area contributed by atoms with E-state index in [-0.39, 0.29) is 0 Å². The Hall–Kier alpha value is -2.12. The van der Waals surface area contributed by atoms with E-state index in [1.54, 1.807) is 16.9 Å². The highest BCUT2D eigenvalue weighted by Gasteiger charge is 2.15. The highest BCUT2D eigenvalue weighted by atomic mass is 79.9. The smallest absolute Gasteiger partial charge is 0.235 e. The summed E-state index contributed by atoms with van der Waals surface area (Å²) in [7, 11) is 0. The molecule has 0 amide bonds. The molecule has 0 aliphatic carbocycles. The summed E-state index contributed by atoms with van der Waals surface area (Å²) in [6.07, 6.45) is 3.49. The van der Waals surface area contributed by atoms with Gasteiger partial charge in [-0.25, -0.2) is 0 Å². The Balaban J connectivity index is 1.89.